The van der Waals surface area contributed by atoms with E-state index < -0.39 is 6.09 Å². The Bertz CT molecular complexity index is 1150. The maximum absolute atomic E-state index is 13.3. The van der Waals surface area contributed by atoms with Gasteiger partial charge in [-0.15, -0.1) is 23.7 Å². The fraction of sp³-hybridized carbons (Fsp3) is 0.476. The van der Waals surface area contributed by atoms with Crippen LogP contribution in [0.25, 0.3) is 16.2 Å². The zero-order valence-electron chi connectivity index (χ0n) is 18.1. The predicted molar refractivity (Wildman–Crippen MR) is 127 cm³/mol. The molecule has 2 amide bonds. The van der Waals surface area contributed by atoms with E-state index >= 15 is 0 Å². The van der Waals surface area contributed by atoms with Crippen molar-refractivity contribution in [2.24, 2.45) is 5.92 Å². The number of anilines is 1. The van der Waals surface area contributed by atoms with Gasteiger partial charge in [-0.05, 0) is 38.5 Å². The van der Waals surface area contributed by atoms with Gasteiger partial charge in [-0.3, -0.25) is 4.79 Å². The van der Waals surface area contributed by atoms with Crippen molar-refractivity contribution >= 4 is 46.4 Å². The average molecular weight is 492 g/mol. The molecule has 0 radical (unpaired) electrons. The zero-order valence-corrected chi connectivity index (χ0v) is 19.7. The first-order valence-corrected chi connectivity index (χ1v) is 11.7. The lowest BCUT2D eigenvalue weighted by atomic mass is 10.0. The van der Waals surface area contributed by atoms with Crippen LogP contribution in [0.1, 0.15) is 43.1 Å². The maximum atomic E-state index is 13.3. The van der Waals surface area contributed by atoms with Crippen molar-refractivity contribution in [2.45, 2.75) is 44.7 Å². The minimum absolute atomic E-state index is 0. The normalized spacial score (nSPS) is 17.4. The number of nitrogens with zero attached hydrogens (tertiary/aromatic N) is 5. The highest BCUT2D eigenvalue weighted by Gasteiger charge is 2.30. The quantitative estimate of drug-likeness (QED) is 0.482. The number of hydrogen-bond acceptors (Lipinski definition) is 7. The van der Waals surface area contributed by atoms with Crippen LogP contribution in [-0.2, 0) is 0 Å². The molecule has 3 aromatic rings. The number of carbonyl (C=O) groups excluding carboxylic acids is 1. The predicted octanol–water partition coefficient (Wildman–Crippen LogP) is 3.36. The number of likely N-dealkylation sites (tertiary alicyclic amines) is 1. The van der Waals surface area contributed by atoms with E-state index in [1.54, 1.807) is 33.0 Å². The summed E-state index contributed by atoms with van der Waals surface area (Å²) in [7, 11) is 0. The first-order chi connectivity index (χ1) is 15.5. The summed E-state index contributed by atoms with van der Waals surface area (Å²) in [6, 6.07) is 1.86. The molecule has 4 heterocycles. The summed E-state index contributed by atoms with van der Waals surface area (Å²) >= 11 is 1.55. The molecule has 0 aromatic carbocycles. The van der Waals surface area contributed by atoms with Crippen LogP contribution in [-0.4, -0.2) is 66.8 Å². The van der Waals surface area contributed by atoms with Crippen LogP contribution in [0.5, 0.6) is 0 Å². The molecule has 176 valence electrons. The first kappa shape index (κ1) is 23.2. The molecule has 1 aliphatic heterocycles. The summed E-state index contributed by atoms with van der Waals surface area (Å²) in [6.45, 7) is 3.10. The van der Waals surface area contributed by atoms with Crippen molar-refractivity contribution in [3.8, 4) is 11.4 Å². The highest BCUT2D eigenvalue weighted by Crippen LogP contribution is 2.34. The van der Waals surface area contributed by atoms with Crippen LogP contribution in [0.3, 0.4) is 0 Å². The van der Waals surface area contributed by atoms with Crippen molar-refractivity contribution in [1.29, 1.82) is 0 Å². The molecular formula is C21H26ClN7O3S. The Labute approximate surface area is 200 Å². The molecule has 1 saturated heterocycles. The fourth-order valence-corrected chi connectivity index (χ4v) is 4.93. The van der Waals surface area contributed by atoms with E-state index in [9.17, 15) is 9.59 Å². The van der Waals surface area contributed by atoms with Gasteiger partial charge in [0.25, 0.3) is 5.91 Å². The van der Waals surface area contributed by atoms with E-state index in [2.05, 4.69) is 27.6 Å². The van der Waals surface area contributed by atoms with Crippen LogP contribution >= 0.6 is 23.7 Å². The highest BCUT2D eigenvalue weighted by molar-refractivity contribution is 7.16. The lowest BCUT2D eigenvalue weighted by Gasteiger charge is -2.31. The van der Waals surface area contributed by atoms with Gasteiger partial charge < -0.3 is 20.6 Å². The second-order valence-electron chi connectivity index (χ2n) is 8.46. The molecule has 5 rings (SSSR count). The Balaban J connectivity index is 0.00000259. The minimum atomic E-state index is -1.03. The number of amides is 2. The Morgan fingerprint density at radius 3 is 2.67 bits per heavy atom. The van der Waals surface area contributed by atoms with Crippen molar-refractivity contribution in [3.63, 3.8) is 0 Å². The lowest BCUT2D eigenvalue weighted by molar-refractivity contribution is 0.0700. The summed E-state index contributed by atoms with van der Waals surface area (Å²) in [4.78, 5) is 36.2. The number of piperidine rings is 1. The van der Waals surface area contributed by atoms with E-state index in [0.717, 1.165) is 10.4 Å². The Hall–Kier alpha value is -2.92. The third kappa shape index (κ3) is 5.03. The molecule has 33 heavy (non-hydrogen) atoms. The van der Waals surface area contributed by atoms with Crippen molar-refractivity contribution < 1.29 is 14.7 Å². The summed E-state index contributed by atoms with van der Waals surface area (Å²) in [5, 5.41) is 21.2. The third-order valence-corrected chi connectivity index (χ3v) is 7.02. The lowest BCUT2D eigenvalue weighted by Crippen LogP contribution is -2.46. The molecule has 10 nitrogen and oxygen atoms in total. The summed E-state index contributed by atoms with van der Waals surface area (Å²) in [5.74, 6) is 1.57. The highest BCUT2D eigenvalue weighted by atomic mass is 35.5. The van der Waals surface area contributed by atoms with Gasteiger partial charge in [-0.25, -0.2) is 19.3 Å². The van der Waals surface area contributed by atoms with Gasteiger partial charge >= 0.3 is 6.09 Å². The van der Waals surface area contributed by atoms with E-state index in [1.807, 2.05) is 11.6 Å². The van der Waals surface area contributed by atoms with Gasteiger partial charge in [0.15, 0.2) is 5.82 Å². The molecule has 2 aliphatic rings. The van der Waals surface area contributed by atoms with Gasteiger partial charge in [0, 0.05) is 42.8 Å². The van der Waals surface area contributed by atoms with E-state index in [0.29, 0.717) is 49.2 Å². The number of carbonyl (C=O) groups is 2. The molecule has 1 aliphatic carbocycles. The Kier molecular flexibility index (Phi) is 6.71. The van der Waals surface area contributed by atoms with E-state index in [4.69, 9.17) is 10.1 Å². The number of nitrogens with one attached hydrogen (secondary N) is 2. The average Bonchev–Trinajstić information content (AvgIpc) is 3.39. The summed E-state index contributed by atoms with van der Waals surface area (Å²) in [5.41, 5.74) is 1.13. The fourth-order valence-electron chi connectivity index (χ4n) is 4.14. The summed E-state index contributed by atoms with van der Waals surface area (Å²) in [6.07, 6.45) is 6.15. The number of hydrogen-bond donors (Lipinski definition) is 3. The number of halogens is 1. The van der Waals surface area contributed by atoms with Crippen molar-refractivity contribution in [1.82, 2.24) is 29.8 Å². The third-order valence-electron chi connectivity index (χ3n) is 6.13. The second kappa shape index (κ2) is 9.52. The molecule has 3 N–H and O–H groups in total. The van der Waals surface area contributed by atoms with E-state index in [1.165, 1.54) is 12.8 Å². The number of carboxylic acid groups (broad SMARTS) is 1. The molecular weight excluding hydrogens is 466 g/mol. The maximum Gasteiger partial charge on any atom is 0.404 e. The van der Waals surface area contributed by atoms with Crippen molar-refractivity contribution in [2.75, 3.05) is 18.4 Å². The Morgan fingerprint density at radius 1 is 1.21 bits per heavy atom. The standard InChI is InChI=1S/C21H25N7O3S.ClH/c1-12(13-2-3-13)23-17-10-16(19(29)27-6-4-14(5-7-27)24-21(30)31)25-18(26-17)15-11-22-28-8-9-32-20(15)28;/h8-14,24H,2-7H2,1H3,(H,30,31)(H,23,25,26);1H/t12-;/m0./s1. The first-order valence-electron chi connectivity index (χ1n) is 10.8. The van der Waals surface area contributed by atoms with Crippen LogP contribution in [0, 0.1) is 5.92 Å². The van der Waals surface area contributed by atoms with Crippen LogP contribution < -0.4 is 10.6 Å². The van der Waals surface area contributed by atoms with Crippen LogP contribution in [0.2, 0.25) is 0 Å². The van der Waals surface area contributed by atoms with Gasteiger partial charge in [-0.1, -0.05) is 0 Å². The molecule has 1 saturated carbocycles. The molecule has 2 fully saturated rings. The van der Waals surface area contributed by atoms with Gasteiger partial charge in [0.2, 0.25) is 0 Å². The topological polar surface area (TPSA) is 125 Å². The van der Waals surface area contributed by atoms with Gasteiger partial charge in [-0.2, -0.15) is 5.10 Å². The van der Waals surface area contributed by atoms with Crippen molar-refractivity contribution in [3.05, 3.63) is 29.5 Å². The number of thiazole rings is 1. The number of fused-ring (bicyclic) bond motifs is 1. The minimum Gasteiger partial charge on any atom is -0.465 e. The number of aromatic nitrogens is 4. The van der Waals surface area contributed by atoms with E-state index in [-0.39, 0.29) is 30.4 Å². The molecule has 0 spiro atoms. The number of rotatable bonds is 6. The zero-order chi connectivity index (χ0) is 22.2. The summed E-state index contributed by atoms with van der Waals surface area (Å²) < 4.78 is 1.78. The SMILES string of the molecule is C[C@H](Nc1cc(C(=O)N2CCC(NC(=O)O)CC2)nc(-c2cnn3ccsc23)n1)C1CC1.Cl. The van der Waals surface area contributed by atoms with Gasteiger partial charge in [0.05, 0.1) is 11.8 Å². The van der Waals surface area contributed by atoms with Gasteiger partial charge in [0.1, 0.15) is 16.3 Å². The smallest absolute Gasteiger partial charge is 0.404 e. The molecule has 1 atom stereocenters. The Morgan fingerprint density at radius 2 is 1.97 bits per heavy atom. The van der Waals surface area contributed by atoms with Crippen LogP contribution in [0.4, 0.5) is 10.6 Å². The largest absolute Gasteiger partial charge is 0.465 e. The van der Waals surface area contributed by atoms with Crippen LogP contribution in [0.15, 0.2) is 23.8 Å². The monoisotopic (exact) mass is 491 g/mol. The molecule has 0 bridgehead atoms. The molecule has 3 aromatic heterocycles. The molecule has 0 unspecified atom stereocenters. The molecule has 12 heteroatoms. The second-order valence-corrected chi connectivity index (χ2v) is 9.35.